The zero-order valence-electron chi connectivity index (χ0n) is 7.34. The van der Waals surface area contributed by atoms with Gasteiger partial charge in [-0.15, -0.1) is 0 Å². The topological polar surface area (TPSA) is 9.23 Å². The van der Waals surface area contributed by atoms with Crippen molar-refractivity contribution >= 4 is 0 Å². The highest BCUT2D eigenvalue weighted by Gasteiger charge is 2.23. The Hall–Kier alpha value is -0.980. The van der Waals surface area contributed by atoms with Crippen molar-refractivity contribution < 1.29 is 4.74 Å². The van der Waals surface area contributed by atoms with Crippen LogP contribution in [0.5, 0.6) is 5.75 Å². The van der Waals surface area contributed by atoms with E-state index in [9.17, 15) is 0 Å². The number of benzene rings is 1. The first-order valence-electron chi connectivity index (χ1n) is 4.56. The minimum absolute atomic E-state index is 0.497. The maximum absolute atomic E-state index is 5.65. The average molecular weight is 161 g/mol. The van der Waals surface area contributed by atoms with E-state index in [0.29, 0.717) is 6.10 Å². The summed E-state index contributed by atoms with van der Waals surface area (Å²) < 4.78 is 5.65. The Morgan fingerprint density at radius 2 is 2.42 bits per heavy atom. The van der Waals surface area contributed by atoms with Gasteiger partial charge in [0.1, 0.15) is 5.75 Å². The van der Waals surface area contributed by atoms with Crippen LogP contribution in [0.3, 0.4) is 0 Å². The molecule has 2 rings (SSSR count). The van der Waals surface area contributed by atoms with Crippen LogP contribution in [0.4, 0.5) is 0 Å². The lowest BCUT2D eigenvalue weighted by Gasteiger charge is -2.04. The molecule has 1 aliphatic rings. The first-order chi connectivity index (χ1) is 5.88. The van der Waals surface area contributed by atoms with Crippen LogP contribution in [-0.4, -0.2) is 6.10 Å². The number of rotatable bonds is 3. The fourth-order valence-corrected chi connectivity index (χ4v) is 1.15. The standard InChI is InChI=1S/C11H13O/c1-2-9-4-3-5-11(8-9)12-10-6-7-10/h3,5,8,10H,2,6-7H2,1H3. The minimum atomic E-state index is 0.497. The van der Waals surface area contributed by atoms with E-state index in [0.717, 1.165) is 12.2 Å². The van der Waals surface area contributed by atoms with E-state index >= 15 is 0 Å². The van der Waals surface area contributed by atoms with Gasteiger partial charge in [-0.05, 0) is 43.0 Å². The smallest absolute Gasteiger partial charge is 0.120 e. The molecule has 63 valence electrons. The van der Waals surface area contributed by atoms with Crippen LogP contribution < -0.4 is 4.74 Å². The molecule has 0 heterocycles. The predicted octanol–water partition coefficient (Wildman–Crippen LogP) is 2.59. The second-order valence-corrected chi connectivity index (χ2v) is 3.22. The lowest BCUT2D eigenvalue weighted by molar-refractivity contribution is 0.303. The highest BCUT2D eigenvalue weighted by atomic mass is 16.5. The van der Waals surface area contributed by atoms with Crippen molar-refractivity contribution in [1.82, 2.24) is 0 Å². The molecule has 0 saturated heterocycles. The number of hydrogen-bond donors (Lipinski definition) is 0. The Balaban J connectivity index is 2.08. The largest absolute Gasteiger partial charge is 0.490 e. The Morgan fingerprint density at radius 1 is 1.58 bits per heavy atom. The molecule has 1 aromatic rings. The van der Waals surface area contributed by atoms with E-state index in [1.807, 2.05) is 12.1 Å². The maximum atomic E-state index is 5.65. The lowest BCUT2D eigenvalue weighted by Crippen LogP contribution is -1.95. The van der Waals surface area contributed by atoms with Crippen LogP contribution in [0.2, 0.25) is 0 Å². The number of hydrogen-bond acceptors (Lipinski definition) is 1. The summed E-state index contributed by atoms with van der Waals surface area (Å²) in [6.07, 6.45) is 3.97. The van der Waals surface area contributed by atoms with Crippen molar-refractivity contribution in [3.05, 3.63) is 29.8 Å². The molecule has 1 nitrogen and oxygen atoms in total. The second-order valence-electron chi connectivity index (χ2n) is 3.22. The first kappa shape index (κ1) is 7.66. The quantitative estimate of drug-likeness (QED) is 0.662. The van der Waals surface area contributed by atoms with Gasteiger partial charge in [-0.3, -0.25) is 0 Å². The van der Waals surface area contributed by atoms with E-state index in [2.05, 4.69) is 19.1 Å². The van der Waals surface area contributed by atoms with Gasteiger partial charge >= 0.3 is 0 Å². The molecule has 0 aliphatic heterocycles. The fraction of sp³-hybridized carbons (Fsp3) is 0.455. The number of ether oxygens (including phenoxy) is 1. The van der Waals surface area contributed by atoms with Crippen molar-refractivity contribution in [2.75, 3.05) is 0 Å². The van der Waals surface area contributed by atoms with Gasteiger partial charge < -0.3 is 4.74 Å². The lowest BCUT2D eigenvalue weighted by atomic mass is 10.2. The molecule has 1 radical (unpaired) electrons. The van der Waals surface area contributed by atoms with Gasteiger partial charge in [-0.25, -0.2) is 0 Å². The van der Waals surface area contributed by atoms with Gasteiger partial charge in [-0.2, -0.15) is 0 Å². The van der Waals surface area contributed by atoms with E-state index in [-0.39, 0.29) is 0 Å². The second kappa shape index (κ2) is 3.18. The third-order valence-electron chi connectivity index (χ3n) is 2.04. The zero-order valence-corrected chi connectivity index (χ0v) is 7.34. The molecule has 0 bridgehead atoms. The van der Waals surface area contributed by atoms with E-state index in [4.69, 9.17) is 4.74 Å². The summed E-state index contributed by atoms with van der Waals surface area (Å²) in [5.41, 5.74) is 1.23. The molecule has 1 aromatic carbocycles. The molecule has 1 fully saturated rings. The average Bonchev–Trinajstić information content (AvgIpc) is 2.89. The number of aryl methyl sites for hydroxylation is 1. The molecule has 0 spiro atoms. The van der Waals surface area contributed by atoms with Crippen LogP contribution in [0.15, 0.2) is 18.2 Å². The van der Waals surface area contributed by atoms with Gasteiger partial charge in [0.2, 0.25) is 0 Å². The van der Waals surface area contributed by atoms with Crippen LogP contribution in [0.25, 0.3) is 0 Å². The Kier molecular flexibility index (Phi) is 2.03. The first-order valence-corrected chi connectivity index (χ1v) is 4.56. The molecule has 1 aliphatic carbocycles. The fourth-order valence-electron chi connectivity index (χ4n) is 1.15. The summed E-state index contributed by atoms with van der Waals surface area (Å²) >= 11 is 0. The van der Waals surface area contributed by atoms with Crippen LogP contribution in [0.1, 0.15) is 25.3 Å². The third-order valence-corrected chi connectivity index (χ3v) is 2.04. The van der Waals surface area contributed by atoms with Crippen molar-refractivity contribution in [3.63, 3.8) is 0 Å². The molecule has 12 heavy (non-hydrogen) atoms. The summed E-state index contributed by atoms with van der Waals surface area (Å²) in [5, 5.41) is 0. The van der Waals surface area contributed by atoms with E-state index in [1.54, 1.807) is 0 Å². The summed E-state index contributed by atoms with van der Waals surface area (Å²) in [6, 6.07) is 9.18. The SMILES string of the molecule is CCc1[c]ccc(OC2CC2)c1. The summed E-state index contributed by atoms with van der Waals surface area (Å²) in [6.45, 7) is 2.13. The molecule has 0 atom stereocenters. The van der Waals surface area contributed by atoms with E-state index < -0.39 is 0 Å². The predicted molar refractivity (Wildman–Crippen MR) is 48.3 cm³/mol. The van der Waals surface area contributed by atoms with Crippen molar-refractivity contribution in [2.24, 2.45) is 0 Å². The summed E-state index contributed by atoms with van der Waals surface area (Å²) in [7, 11) is 0. The molecular weight excluding hydrogens is 148 g/mol. The van der Waals surface area contributed by atoms with Crippen LogP contribution >= 0.6 is 0 Å². The molecule has 1 saturated carbocycles. The molecule has 0 N–H and O–H groups in total. The Morgan fingerprint density at radius 3 is 3.08 bits per heavy atom. The maximum Gasteiger partial charge on any atom is 0.120 e. The molecule has 0 amide bonds. The Bertz CT molecular complexity index is 263. The van der Waals surface area contributed by atoms with Gasteiger partial charge in [0.15, 0.2) is 0 Å². The van der Waals surface area contributed by atoms with Gasteiger partial charge in [0, 0.05) is 0 Å². The van der Waals surface area contributed by atoms with Crippen molar-refractivity contribution in [3.8, 4) is 5.75 Å². The highest BCUT2D eigenvalue weighted by Crippen LogP contribution is 2.26. The van der Waals surface area contributed by atoms with Crippen LogP contribution in [-0.2, 0) is 6.42 Å². The zero-order chi connectivity index (χ0) is 8.39. The van der Waals surface area contributed by atoms with E-state index in [1.165, 1.54) is 18.4 Å². The monoisotopic (exact) mass is 161 g/mol. The molecule has 0 unspecified atom stereocenters. The summed E-state index contributed by atoms with van der Waals surface area (Å²) in [5.74, 6) is 1.01. The van der Waals surface area contributed by atoms with Crippen LogP contribution in [0, 0.1) is 6.07 Å². The van der Waals surface area contributed by atoms with Crippen molar-refractivity contribution in [2.45, 2.75) is 32.3 Å². The van der Waals surface area contributed by atoms with Gasteiger partial charge in [0.05, 0.1) is 6.10 Å². The highest BCUT2D eigenvalue weighted by molar-refractivity contribution is 5.28. The Labute approximate surface area is 73.4 Å². The van der Waals surface area contributed by atoms with Crippen molar-refractivity contribution in [1.29, 1.82) is 0 Å². The minimum Gasteiger partial charge on any atom is -0.490 e. The summed E-state index contributed by atoms with van der Waals surface area (Å²) in [4.78, 5) is 0. The molecule has 1 heteroatoms. The molecule has 0 aromatic heterocycles. The van der Waals surface area contributed by atoms with Gasteiger partial charge in [0.25, 0.3) is 0 Å². The normalized spacial score (nSPS) is 16.1. The molecular formula is C11H13O. The third kappa shape index (κ3) is 1.79. The van der Waals surface area contributed by atoms with Gasteiger partial charge in [-0.1, -0.05) is 13.0 Å².